The molecule has 7 heteroatoms. The summed E-state index contributed by atoms with van der Waals surface area (Å²) >= 11 is 0. The maximum absolute atomic E-state index is 12.3. The minimum absolute atomic E-state index is 0.0197. The molecule has 17 heavy (non-hydrogen) atoms. The minimum atomic E-state index is -3.62. The van der Waals surface area contributed by atoms with Crippen molar-refractivity contribution in [3.8, 4) is 0 Å². The number of H-pyrrole nitrogens is 1. The van der Waals surface area contributed by atoms with Crippen LogP contribution in [0.1, 0.15) is 18.4 Å². The fraction of sp³-hybridized carbons (Fsp3) is 0.500. The first-order valence-electron chi connectivity index (χ1n) is 5.37. The van der Waals surface area contributed by atoms with Gasteiger partial charge >= 0.3 is 0 Å². The molecule has 94 valence electrons. The van der Waals surface area contributed by atoms with Gasteiger partial charge in [-0.2, -0.15) is 9.40 Å². The molecule has 0 atom stereocenters. The van der Waals surface area contributed by atoms with Gasteiger partial charge < -0.3 is 5.11 Å². The van der Waals surface area contributed by atoms with Gasteiger partial charge in [0.2, 0.25) is 0 Å². The second kappa shape index (κ2) is 4.59. The van der Waals surface area contributed by atoms with Crippen molar-refractivity contribution in [2.45, 2.75) is 30.5 Å². The van der Waals surface area contributed by atoms with E-state index in [1.54, 1.807) is 6.08 Å². The molecule has 0 saturated heterocycles. The number of hydrogen-bond donors (Lipinski definition) is 2. The van der Waals surface area contributed by atoms with Gasteiger partial charge in [0.1, 0.15) is 0 Å². The van der Waals surface area contributed by atoms with Gasteiger partial charge in [-0.3, -0.25) is 5.10 Å². The number of sulfonamides is 1. The van der Waals surface area contributed by atoms with E-state index in [1.807, 2.05) is 0 Å². The molecular weight excluding hydrogens is 242 g/mol. The average molecular weight is 257 g/mol. The fourth-order valence-corrected chi connectivity index (χ4v) is 3.44. The quantitative estimate of drug-likeness (QED) is 0.715. The topological polar surface area (TPSA) is 86.3 Å². The average Bonchev–Trinajstić information content (AvgIpc) is 3.00. The summed E-state index contributed by atoms with van der Waals surface area (Å²) in [6.45, 7) is 3.49. The number of aliphatic hydroxyl groups is 1. The van der Waals surface area contributed by atoms with Crippen LogP contribution in [0.4, 0.5) is 0 Å². The summed E-state index contributed by atoms with van der Waals surface area (Å²) in [4.78, 5) is 0. The molecule has 0 aromatic carbocycles. The summed E-state index contributed by atoms with van der Waals surface area (Å²) in [5.74, 6) is 0. The zero-order chi connectivity index (χ0) is 12.5. The van der Waals surface area contributed by atoms with Crippen LogP contribution in [0.2, 0.25) is 0 Å². The minimum Gasteiger partial charge on any atom is -0.392 e. The van der Waals surface area contributed by atoms with Crippen molar-refractivity contribution in [1.29, 1.82) is 0 Å². The molecule has 2 N–H and O–H groups in total. The zero-order valence-electron chi connectivity index (χ0n) is 9.33. The number of nitrogens with one attached hydrogen (secondary N) is 1. The predicted octanol–water partition coefficient (Wildman–Crippen LogP) is 0.241. The molecule has 2 rings (SSSR count). The van der Waals surface area contributed by atoms with Crippen molar-refractivity contribution in [2.75, 3.05) is 6.54 Å². The van der Waals surface area contributed by atoms with Crippen molar-refractivity contribution in [2.24, 2.45) is 0 Å². The van der Waals surface area contributed by atoms with E-state index in [2.05, 4.69) is 16.8 Å². The smallest absolute Gasteiger partial charge is 0.260 e. The van der Waals surface area contributed by atoms with E-state index in [9.17, 15) is 8.42 Å². The normalized spacial score (nSPS) is 16.4. The summed E-state index contributed by atoms with van der Waals surface area (Å²) in [6.07, 6.45) is 4.63. The lowest BCUT2D eigenvalue weighted by atomic mass is 10.4. The molecule has 1 aliphatic rings. The molecule has 6 nitrogen and oxygen atoms in total. The summed E-state index contributed by atoms with van der Waals surface area (Å²) < 4.78 is 26.1. The maximum Gasteiger partial charge on any atom is 0.260 e. The number of hydrogen-bond acceptors (Lipinski definition) is 4. The van der Waals surface area contributed by atoms with Crippen LogP contribution >= 0.6 is 0 Å². The lowest BCUT2D eigenvalue weighted by Crippen LogP contribution is -2.34. The highest BCUT2D eigenvalue weighted by Crippen LogP contribution is 2.32. The first-order chi connectivity index (χ1) is 8.11. The van der Waals surface area contributed by atoms with Gasteiger partial charge in [-0.1, -0.05) is 6.08 Å². The highest BCUT2D eigenvalue weighted by atomic mass is 32.2. The standard InChI is InChI=1S/C10H15N3O3S/c1-2-5-13(9-3-4-9)17(15,16)10-8(7-14)6-11-12-10/h2,6,9,14H,1,3-5,7H2,(H,11,12). The zero-order valence-corrected chi connectivity index (χ0v) is 10.2. The second-order valence-electron chi connectivity index (χ2n) is 3.98. The number of aliphatic hydroxyl groups excluding tert-OH is 1. The van der Waals surface area contributed by atoms with Gasteiger partial charge in [0.25, 0.3) is 10.0 Å². The lowest BCUT2D eigenvalue weighted by Gasteiger charge is -2.19. The van der Waals surface area contributed by atoms with Gasteiger partial charge in [-0.25, -0.2) is 8.42 Å². The highest BCUT2D eigenvalue weighted by molar-refractivity contribution is 7.89. The van der Waals surface area contributed by atoms with E-state index in [0.717, 1.165) is 12.8 Å². The Hall–Kier alpha value is -1.18. The van der Waals surface area contributed by atoms with Gasteiger partial charge in [-0.05, 0) is 12.8 Å². The Bertz CT molecular complexity index is 505. The molecule has 1 saturated carbocycles. The van der Waals surface area contributed by atoms with Gasteiger partial charge in [-0.15, -0.1) is 6.58 Å². The molecule has 0 radical (unpaired) electrons. The van der Waals surface area contributed by atoms with E-state index in [1.165, 1.54) is 10.5 Å². The number of nitrogens with zero attached hydrogens (tertiary/aromatic N) is 2. The van der Waals surface area contributed by atoms with Crippen molar-refractivity contribution in [3.05, 3.63) is 24.4 Å². The Morgan fingerprint density at radius 1 is 1.65 bits per heavy atom. The molecule has 1 heterocycles. The van der Waals surface area contributed by atoms with E-state index < -0.39 is 10.0 Å². The first-order valence-corrected chi connectivity index (χ1v) is 6.81. The third-order valence-corrected chi connectivity index (χ3v) is 4.61. The molecule has 1 aliphatic carbocycles. The molecule has 0 amide bonds. The Labute approximate surface area is 100 Å². The Morgan fingerprint density at radius 3 is 2.88 bits per heavy atom. The number of rotatable bonds is 6. The summed E-state index contributed by atoms with van der Waals surface area (Å²) in [6, 6.07) is 0.0489. The molecule has 0 spiro atoms. The van der Waals surface area contributed by atoms with Crippen LogP contribution in [-0.2, 0) is 16.6 Å². The number of aromatic amines is 1. The van der Waals surface area contributed by atoms with Gasteiger partial charge in [0, 0.05) is 18.2 Å². The fourth-order valence-electron chi connectivity index (χ4n) is 1.69. The van der Waals surface area contributed by atoms with Crippen molar-refractivity contribution in [3.63, 3.8) is 0 Å². The summed E-state index contributed by atoms with van der Waals surface area (Å²) in [5, 5.41) is 15.2. The van der Waals surface area contributed by atoms with Crippen LogP contribution < -0.4 is 0 Å². The van der Waals surface area contributed by atoms with Crippen molar-refractivity contribution < 1.29 is 13.5 Å². The Balaban J connectivity index is 2.36. The lowest BCUT2D eigenvalue weighted by molar-refractivity contribution is 0.278. The van der Waals surface area contributed by atoms with E-state index in [-0.39, 0.29) is 24.2 Å². The van der Waals surface area contributed by atoms with E-state index >= 15 is 0 Å². The van der Waals surface area contributed by atoms with Gasteiger partial charge in [0.05, 0.1) is 12.8 Å². The first kappa shape index (κ1) is 12.3. The van der Waals surface area contributed by atoms with E-state index in [4.69, 9.17) is 5.11 Å². The third kappa shape index (κ3) is 2.26. The monoisotopic (exact) mass is 257 g/mol. The van der Waals surface area contributed by atoms with Crippen LogP contribution in [0.15, 0.2) is 23.9 Å². The molecule has 0 aliphatic heterocycles. The highest BCUT2D eigenvalue weighted by Gasteiger charge is 2.38. The molecule has 1 aromatic rings. The largest absolute Gasteiger partial charge is 0.392 e. The van der Waals surface area contributed by atoms with Crippen LogP contribution in [-0.4, -0.2) is 40.6 Å². The van der Waals surface area contributed by atoms with Crippen LogP contribution in [0.3, 0.4) is 0 Å². The maximum atomic E-state index is 12.3. The Morgan fingerprint density at radius 2 is 2.35 bits per heavy atom. The van der Waals surface area contributed by atoms with E-state index in [0.29, 0.717) is 5.56 Å². The third-order valence-electron chi connectivity index (χ3n) is 2.68. The molecule has 0 unspecified atom stereocenters. The summed E-state index contributed by atoms with van der Waals surface area (Å²) in [7, 11) is -3.62. The van der Waals surface area contributed by atoms with Crippen molar-refractivity contribution in [1.82, 2.24) is 14.5 Å². The summed E-state index contributed by atoms with van der Waals surface area (Å²) in [5.41, 5.74) is 0.291. The Kier molecular flexibility index (Phi) is 3.32. The SMILES string of the molecule is C=CCN(C1CC1)S(=O)(=O)c1[nH]ncc1CO. The van der Waals surface area contributed by atoms with Crippen molar-refractivity contribution >= 4 is 10.0 Å². The molecule has 1 aromatic heterocycles. The van der Waals surface area contributed by atoms with Crippen LogP contribution in [0, 0.1) is 0 Å². The molecule has 1 fully saturated rings. The predicted molar refractivity (Wildman–Crippen MR) is 61.6 cm³/mol. The molecule has 0 bridgehead atoms. The number of aromatic nitrogens is 2. The van der Waals surface area contributed by atoms with Crippen LogP contribution in [0.25, 0.3) is 0 Å². The molecular formula is C10H15N3O3S. The second-order valence-corrected chi connectivity index (χ2v) is 5.80. The van der Waals surface area contributed by atoms with Crippen LogP contribution in [0.5, 0.6) is 0 Å². The van der Waals surface area contributed by atoms with Gasteiger partial charge in [0.15, 0.2) is 5.03 Å².